The van der Waals surface area contributed by atoms with Gasteiger partial charge in [-0.05, 0) is 57.6 Å². The predicted molar refractivity (Wildman–Crippen MR) is 85.3 cm³/mol. The molecule has 0 bridgehead atoms. The minimum atomic E-state index is 0.0939. The van der Waals surface area contributed by atoms with Crippen molar-refractivity contribution in [2.75, 3.05) is 5.75 Å². The quantitative estimate of drug-likeness (QED) is 0.883. The maximum Gasteiger partial charge on any atom is 0.157 e. The van der Waals surface area contributed by atoms with Crippen LogP contribution in [0.3, 0.4) is 0 Å². The van der Waals surface area contributed by atoms with Crippen LogP contribution in [-0.2, 0) is 0 Å². The summed E-state index contributed by atoms with van der Waals surface area (Å²) >= 11 is 1.88. The molecule has 4 heteroatoms. The van der Waals surface area contributed by atoms with E-state index in [1.165, 1.54) is 31.4 Å². The summed E-state index contributed by atoms with van der Waals surface area (Å²) in [6.45, 7) is 6.44. The van der Waals surface area contributed by atoms with Gasteiger partial charge in [-0.1, -0.05) is 18.7 Å². The molecule has 1 aliphatic carbocycles. The fourth-order valence-corrected chi connectivity index (χ4v) is 4.37. The molecule has 2 aliphatic rings. The zero-order chi connectivity index (χ0) is 14.2. The molecular formula is C16H24N2OS. The zero-order valence-corrected chi connectivity index (χ0v) is 13.4. The summed E-state index contributed by atoms with van der Waals surface area (Å²) in [5.41, 5.74) is 0.314. The molecule has 1 aromatic rings. The lowest BCUT2D eigenvalue weighted by molar-refractivity contribution is 0.250. The number of nitrogens with zero attached hydrogens (tertiary/aromatic N) is 1. The fourth-order valence-electron chi connectivity index (χ4n) is 3.08. The number of hydrogen-bond donors (Lipinski definition) is 1. The van der Waals surface area contributed by atoms with Crippen molar-refractivity contribution in [3.05, 3.63) is 23.7 Å². The first-order valence-electron chi connectivity index (χ1n) is 7.61. The number of nitrogens with one attached hydrogen (secondary N) is 1. The van der Waals surface area contributed by atoms with E-state index >= 15 is 0 Å². The third-order valence-corrected chi connectivity index (χ3v) is 5.75. The molecule has 1 saturated heterocycles. The van der Waals surface area contributed by atoms with Crippen molar-refractivity contribution in [3.63, 3.8) is 0 Å². The van der Waals surface area contributed by atoms with Crippen LogP contribution in [-0.4, -0.2) is 16.5 Å². The predicted octanol–water partition coefficient (Wildman–Crippen LogP) is 4.29. The van der Waals surface area contributed by atoms with Crippen LogP contribution in [0.1, 0.15) is 57.1 Å². The standard InChI is InChI=1S/C16H24N2OS/c1-11-6-8-16(9-7-11)10-20-15(18-16)17-13(3)14-5-4-12(2)19-14/h4-5,11,13H,6-10H2,1-3H3,(H,17,18). The molecule has 2 heterocycles. The average Bonchev–Trinajstić information content (AvgIpc) is 3.01. The van der Waals surface area contributed by atoms with Crippen LogP contribution in [0.2, 0.25) is 0 Å². The summed E-state index contributed by atoms with van der Waals surface area (Å²) < 4.78 is 5.66. The van der Waals surface area contributed by atoms with E-state index < -0.39 is 0 Å². The van der Waals surface area contributed by atoms with E-state index in [9.17, 15) is 0 Å². The molecule has 1 spiro atoms. The molecule has 1 atom stereocenters. The Morgan fingerprint density at radius 3 is 2.80 bits per heavy atom. The van der Waals surface area contributed by atoms with Gasteiger partial charge in [0.1, 0.15) is 17.6 Å². The number of aliphatic imine (C=N–C) groups is 1. The van der Waals surface area contributed by atoms with Crippen LogP contribution in [0.4, 0.5) is 0 Å². The summed E-state index contributed by atoms with van der Waals surface area (Å²) in [5.74, 6) is 3.97. The Morgan fingerprint density at radius 2 is 2.15 bits per heavy atom. The lowest BCUT2D eigenvalue weighted by Crippen LogP contribution is -2.46. The van der Waals surface area contributed by atoms with E-state index in [4.69, 9.17) is 9.41 Å². The summed E-state index contributed by atoms with van der Waals surface area (Å²) in [6, 6.07) is 4.13. The number of amidine groups is 1. The van der Waals surface area contributed by atoms with Gasteiger partial charge in [-0.25, -0.2) is 0 Å². The molecule has 3 rings (SSSR count). The Morgan fingerprint density at radius 1 is 1.40 bits per heavy atom. The van der Waals surface area contributed by atoms with E-state index in [1.54, 1.807) is 0 Å². The van der Waals surface area contributed by atoms with E-state index in [1.807, 2.05) is 30.8 Å². The largest absolute Gasteiger partial charge is 0.464 e. The number of aryl methyl sites for hydroxylation is 1. The first-order valence-corrected chi connectivity index (χ1v) is 8.60. The molecule has 0 amide bonds. The molecule has 1 N–H and O–H groups in total. The second kappa shape index (κ2) is 5.47. The van der Waals surface area contributed by atoms with Crippen LogP contribution in [0.25, 0.3) is 0 Å². The molecule has 1 aromatic heterocycles. The summed E-state index contributed by atoms with van der Waals surface area (Å²) in [4.78, 5) is 4.80. The van der Waals surface area contributed by atoms with Crippen molar-refractivity contribution in [3.8, 4) is 0 Å². The first-order chi connectivity index (χ1) is 9.56. The van der Waals surface area contributed by atoms with Crippen LogP contribution in [0, 0.1) is 12.8 Å². The zero-order valence-electron chi connectivity index (χ0n) is 12.6. The van der Waals surface area contributed by atoms with E-state index in [-0.39, 0.29) is 6.04 Å². The van der Waals surface area contributed by atoms with Crippen molar-refractivity contribution in [2.24, 2.45) is 10.9 Å². The maximum atomic E-state index is 5.66. The highest BCUT2D eigenvalue weighted by molar-refractivity contribution is 8.14. The van der Waals surface area contributed by atoms with Gasteiger partial charge in [0, 0.05) is 11.3 Å². The first kappa shape index (κ1) is 14.1. The molecule has 1 aliphatic heterocycles. The van der Waals surface area contributed by atoms with E-state index in [0.29, 0.717) is 5.54 Å². The molecule has 110 valence electrons. The van der Waals surface area contributed by atoms with Gasteiger partial charge >= 0.3 is 0 Å². The highest BCUT2D eigenvalue weighted by Gasteiger charge is 2.39. The smallest absolute Gasteiger partial charge is 0.157 e. The SMILES string of the molecule is Cc1ccc(C(C)N=C2NC3(CCC(C)CC3)CS2)o1. The maximum absolute atomic E-state index is 5.66. The summed E-state index contributed by atoms with van der Waals surface area (Å²) in [5, 5.41) is 4.80. The molecular weight excluding hydrogens is 268 g/mol. The number of hydrogen-bond acceptors (Lipinski definition) is 3. The van der Waals surface area contributed by atoms with Crippen molar-refractivity contribution >= 4 is 16.9 Å². The Bertz CT molecular complexity index is 500. The lowest BCUT2D eigenvalue weighted by Gasteiger charge is -2.35. The minimum Gasteiger partial charge on any atom is -0.464 e. The Hall–Kier alpha value is -0.900. The van der Waals surface area contributed by atoms with Gasteiger partial charge in [0.15, 0.2) is 5.17 Å². The minimum absolute atomic E-state index is 0.0939. The van der Waals surface area contributed by atoms with Gasteiger partial charge in [-0.15, -0.1) is 0 Å². The van der Waals surface area contributed by atoms with E-state index in [0.717, 1.165) is 22.6 Å². The fraction of sp³-hybridized carbons (Fsp3) is 0.688. The molecule has 3 nitrogen and oxygen atoms in total. The van der Waals surface area contributed by atoms with E-state index in [2.05, 4.69) is 19.2 Å². The number of thioether (sulfide) groups is 1. The van der Waals surface area contributed by atoms with Crippen molar-refractivity contribution in [2.45, 2.75) is 58.0 Å². The number of furan rings is 1. The molecule has 1 saturated carbocycles. The third kappa shape index (κ3) is 2.90. The van der Waals surface area contributed by atoms with Gasteiger partial charge in [-0.2, -0.15) is 0 Å². The van der Waals surface area contributed by atoms with Gasteiger partial charge in [0.2, 0.25) is 0 Å². The van der Waals surface area contributed by atoms with Gasteiger partial charge < -0.3 is 9.73 Å². The number of rotatable bonds is 2. The second-order valence-electron chi connectivity index (χ2n) is 6.44. The van der Waals surface area contributed by atoms with Crippen molar-refractivity contribution in [1.82, 2.24) is 5.32 Å². The van der Waals surface area contributed by atoms with Crippen molar-refractivity contribution in [1.29, 1.82) is 0 Å². The Labute approximate surface area is 125 Å². The van der Waals surface area contributed by atoms with Crippen LogP contribution in [0.15, 0.2) is 21.5 Å². The second-order valence-corrected chi connectivity index (χ2v) is 7.40. The van der Waals surface area contributed by atoms with Gasteiger partial charge in [0.25, 0.3) is 0 Å². The topological polar surface area (TPSA) is 37.5 Å². The monoisotopic (exact) mass is 292 g/mol. The molecule has 0 aromatic carbocycles. The molecule has 20 heavy (non-hydrogen) atoms. The normalized spacial score (nSPS) is 33.5. The average molecular weight is 292 g/mol. The highest BCUT2D eigenvalue weighted by atomic mass is 32.2. The van der Waals surface area contributed by atoms with Crippen molar-refractivity contribution < 1.29 is 4.42 Å². The summed E-state index contributed by atoms with van der Waals surface area (Å²) in [7, 11) is 0. The van der Waals surface area contributed by atoms with Gasteiger partial charge in [-0.3, -0.25) is 4.99 Å². The van der Waals surface area contributed by atoms with Crippen LogP contribution in [0.5, 0.6) is 0 Å². The molecule has 0 radical (unpaired) electrons. The highest BCUT2D eigenvalue weighted by Crippen LogP contribution is 2.38. The molecule has 1 unspecified atom stereocenters. The Balaban J connectivity index is 1.66. The Kier molecular flexibility index (Phi) is 3.85. The third-order valence-electron chi connectivity index (χ3n) is 4.57. The summed E-state index contributed by atoms with van der Waals surface area (Å²) in [6.07, 6.45) is 5.25. The lowest BCUT2D eigenvalue weighted by atomic mass is 9.78. The van der Waals surface area contributed by atoms with Crippen LogP contribution >= 0.6 is 11.8 Å². The molecule has 2 fully saturated rings. The van der Waals surface area contributed by atoms with Crippen LogP contribution < -0.4 is 5.32 Å². The van der Waals surface area contributed by atoms with Gasteiger partial charge in [0.05, 0.1) is 0 Å².